The first-order chi connectivity index (χ1) is 15.0. The van der Waals surface area contributed by atoms with Gasteiger partial charge < -0.3 is 10.2 Å². The molecule has 2 amide bonds. The number of rotatable bonds is 8. The molecule has 0 spiro atoms. The summed E-state index contributed by atoms with van der Waals surface area (Å²) in [5.74, 6) is -0.329. The zero-order chi connectivity index (χ0) is 22.2. The van der Waals surface area contributed by atoms with Gasteiger partial charge in [0.2, 0.25) is 11.8 Å². The van der Waals surface area contributed by atoms with Crippen LogP contribution in [-0.4, -0.2) is 29.8 Å². The van der Waals surface area contributed by atoms with Crippen molar-refractivity contribution >= 4 is 27.7 Å². The average molecular weight is 479 g/mol. The van der Waals surface area contributed by atoms with E-state index in [-0.39, 0.29) is 24.2 Å². The van der Waals surface area contributed by atoms with E-state index in [0.717, 1.165) is 21.2 Å². The van der Waals surface area contributed by atoms with Crippen LogP contribution >= 0.6 is 15.9 Å². The maximum atomic E-state index is 13.6. The van der Waals surface area contributed by atoms with E-state index < -0.39 is 6.04 Å². The molecular formula is C26H27BrN2O2. The van der Waals surface area contributed by atoms with Gasteiger partial charge in [0.25, 0.3) is 0 Å². The molecule has 0 bridgehead atoms. The second kappa shape index (κ2) is 10.9. The van der Waals surface area contributed by atoms with Crippen molar-refractivity contribution in [3.63, 3.8) is 0 Å². The molecule has 1 N–H and O–H groups in total. The SMILES string of the molecule is CNC(=O)C(C)N(Cc1cccc(Br)c1)C(=O)CC(c1ccccc1)c1ccccc1. The Morgan fingerprint density at radius 3 is 2.00 bits per heavy atom. The van der Waals surface area contributed by atoms with Crippen LogP contribution in [-0.2, 0) is 16.1 Å². The van der Waals surface area contributed by atoms with Crippen LogP contribution in [0, 0.1) is 0 Å². The van der Waals surface area contributed by atoms with Crippen molar-refractivity contribution in [2.45, 2.75) is 31.8 Å². The summed E-state index contributed by atoms with van der Waals surface area (Å²) < 4.78 is 0.941. The van der Waals surface area contributed by atoms with Gasteiger partial charge in [0.05, 0.1) is 0 Å². The monoisotopic (exact) mass is 478 g/mol. The Morgan fingerprint density at radius 2 is 1.48 bits per heavy atom. The Kier molecular flexibility index (Phi) is 8.01. The number of carbonyl (C=O) groups excluding carboxylic acids is 2. The molecule has 0 heterocycles. The summed E-state index contributed by atoms with van der Waals surface area (Å²) in [6, 6.07) is 27.3. The lowest BCUT2D eigenvalue weighted by Gasteiger charge is -2.30. The number of benzene rings is 3. The maximum absolute atomic E-state index is 13.6. The van der Waals surface area contributed by atoms with E-state index in [0.29, 0.717) is 6.54 Å². The zero-order valence-electron chi connectivity index (χ0n) is 17.8. The summed E-state index contributed by atoms with van der Waals surface area (Å²) in [5, 5.41) is 2.67. The van der Waals surface area contributed by atoms with E-state index in [2.05, 4.69) is 21.2 Å². The molecule has 0 aliphatic rings. The fraction of sp³-hybridized carbons (Fsp3) is 0.231. The third-order valence-electron chi connectivity index (χ3n) is 5.44. The molecule has 5 heteroatoms. The summed E-state index contributed by atoms with van der Waals surface area (Å²) in [4.78, 5) is 27.7. The lowest BCUT2D eigenvalue weighted by atomic mass is 9.88. The Morgan fingerprint density at radius 1 is 0.903 bits per heavy atom. The molecule has 0 radical (unpaired) electrons. The molecule has 0 saturated carbocycles. The highest BCUT2D eigenvalue weighted by Gasteiger charge is 2.28. The highest BCUT2D eigenvalue weighted by atomic mass is 79.9. The Balaban J connectivity index is 1.91. The first-order valence-corrected chi connectivity index (χ1v) is 11.1. The summed E-state index contributed by atoms with van der Waals surface area (Å²) in [5.41, 5.74) is 3.13. The number of nitrogens with one attached hydrogen (secondary N) is 1. The molecule has 0 aliphatic heterocycles. The van der Waals surface area contributed by atoms with Crippen molar-refractivity contribution < 1.29 is 9.59 Å². The second-order valence-electron chi connectivity index (χ2n) is 7.52. The molecule has 1 atom stereocenters. The van der Waals surface area contributed by atoms with Gasteiger partial charge in [-0.2, -0.15) is 0 Å². The molecule has 3 aromatic carbocycles. The summed E-state index contributed by atoms with van der Waals surface area (Å²) in [6.45, 7) is 2.14. The fourth-order valence-electron chi connectivity index (χ4n) is 3.71. The lowest BCUT2D eigenvalue weighted by Crippen LogP contribution is -2.47. The van der Waals surface area contributed by atoms with Crippen molar-refractivity contribution in [1.29, 1.82) is 0 Å². The van der Waals surface area contributed by atoms with E-state index in [9.17, 15) is 9.59 Å². The van der Waals surface area contributed by atoms with Gasteiger partial charge in [-0.3, -0.25) is 9.59 Å². The van der Waals surface area contributed by atoms with Gasteiger partial charge in [0, 0.05) is 30.4 Å². The second-order valence-corrected chi connectivity index (χ2v) is 8.44. The molecule has 3 rings (SSSR count). The molecular weight excluding hydrogens is 452 g/mol. The predicted octanol–water partition coefficient (Wildman–Crippen LogP) is 5.13. The van der Waals surface area contributed by atoms with E-state index >= 15 is 0 Å². The Hall–Kier alpha value is -2.92. The topological polar surface area (TPSA) is 49.4 Å². The smallest absolute Gasteiger partial charge is 0.242 e. The quantitative estimate of drug-likeness (QED) is 0.487. The van der Waals surface area contributed by atoms with Crippen LogP contribution < -0.4 is 5.32 Å². The Bertz CT molecular complexity index is 969. The van der Waals surface area contributed by atoms with Crippen LogP contribution in [0.1, 0.15) is 36.0 Å². The largest absolute Gasteiger partial charge is 0.357 e. The summed E-state index contributed by atoms with van der Waals surface area (Å²) in [6.07, 6.45) is 0.281. The molecule has 1 unspecified atom stereocenters. The highest BCUT2D eigenvalue weighted by molar-refractivity contribution is 9.10. The highest BCUT2D eigenvalue weighted by Crippen LogP contribution is 2.29. The van der Waals surface area contributed by atoms with Gasteiger partial charge >= 0.3 is 0 Å². The molecule has 0 saturated heterocycles. The molecule has 160 valence electrons. The number of nitrogens with zero attached hydrogens (tertiary/aromatic N) is 1. The first kappa shape index (κ1) is 22.8. The Labute approximate surface area is 192 Å². The zero-order valence-corrected chi connectivity index (χ0v) is 19.4. The molecule has 31 heavy (non-hydrogen) atoms. The average Bonchev–Trinajstić information content (AvgIpc) is 2.81. The summed E-state index contributed by atoms with van der Waals surface area (Å²) >= 11 is 3.49. The lowest BCUT2D eigenvalue weighted by molar-refractivity contribution is -0.140. The normalized spacial score (nSPS) is 11.7. The predicted molar refractivity (Wildman–Crippen MR) is 128 cm³/mol. The maximum Gasteiger partial charge on any atom is 0.242 e. The van der Waals surface area contributed by atoms with Gasteiger partial charge in [-0.15, -0.1) is 0 Å². The van der Waals surface area contributed by atoms with Gasteiger partial charge in [-0.1, -0.05) is 88.7 Å². The van der Waals surface area contributed by atoms with Crippen LogP contribution in [0.3, 0.4) is 0 Å². The minimum atomic E-state index is -0.580. The fourth-order valence-corrected chi connectivity index (χ4v) is 4.16. The number of hydrogen-bond acceptors (Lipinski definition) is 2. The first-order valence-electron chi connectivity index (χ1n) is 10.3. The molecule has 4 nitrogen and oxygen atoms in total. The number of halogens is 1. The molecule has 3 aromatic rings. The van der Waals surface area contributed by atoms with Crippen LogP contribution in [0.4, 0.5) is 0 Å². The number of amides is 2. The van der Waals surface area contributed by atoms with Crippen LogP contribution in [0.25, 0.3) is 0 Å². The number of hydrogen-bond donors (Lipinski definition) is 1. The van der Waals surface area contributed by atoms with Crippen molar-refractivity contribution in [2.24, 2.45) is 0 Å². The van der Waals surface area contributed by atoms with Gasteiger partial charge in [0.1, 0.15) is 6.04 Å². The molecule has 0 aromatic heterocycles. The third kappa shape index (κ3) is 6.05. The summed E-state index contributed by atoms with van der Waals surface area (Å²) in [7, 11) is 1.59. The van der Waals surface area contributed by atoms with Crippen LogP contribution in [0.5, 0.6) is 0 Å². The van der Waals surface area contributed by atoms with Crippen LogP contribution in [0.2, 0.25) is 0 Å². The molecule has 0 fully saturated rings. The van der Waals surface area contributed by atoms with Crippen molar-refractivity contribution in [3.8, 4) is 0 Å². The van der Waals surface area contributed by atoms with Gasteiger partial charge in [-0.25, -0.2) is 0 Å². The van der Waals surface area contributed by atoms with E-state index in [1.807, 2.05) is 84.9 Å². The van der Waals surface area contributed by atoms with Crippen molar-refractivity contribution in [3.05, 3.63) is 106 Å². The van der Waals surface area contributed by atoms with E-state index in [1.165, 1.54) is 0 Å². The van der Waals surface area contributed by atoms with Crippen molar-refractivity contribution in [1.82, 2.24) is 10.2 Å². The van der Waals surface area contributed by atoms with Gasteiger partial charge in [0.15, 0.2) is 0 Å². The van der Waals surface area contributed by atoms with E-state index in [1.54, 1.807) is 18.9 Å². The standard InChI is InChI=1S/C26H27BrN2O2/c1-19(26(31)28-2)29(18-20-10-9-15-23(27)16-20)25(30)17-24(21-11-5-3-6-12-21)22-13-7-4-8-14-22/h3-16,19,24H,17-18H2,1-2H3,(H,28,31). The van der Waals surface area contributed by atoms with Crippen molar-refractivity contribution in [2.75, 3.05) is 7.05 Å². The third-order valence-corrected chi connectivity index (χ3v) is 5.93. The minimum Gasteiger partial charge on any atom is -0.357 e. The van der Waals surface area contributed by atoms with Gasteiger partial charge in [-0.05, 0) is 35.7 Å². The minimum absolute atomic E-state index is 0.0613. The number of carbonyl (C=O) groups is 2. The number of likely N-dealkylation sites (N-methyl/N-ethyl adjacent to an activating group) is 1. The molecule has 0 aliphatic carbocycles. The van der Waals surface area contributed by atoms with E-state index in [4.69, 9.17) is 0 Å². The van der Waals surface area contributed by atoms with Crippen LogP contribution in [0.15, 0.2) is 89.4 Å².